The number of aromatic carboxylic acids is 1. The number of alkyl halides is 3. The molecule has 2 N–H and O–H groups in total. The molecule has 0 saturated heterocycles. The van der Waals surface area contributed by atoms with E-state index in [0.717, 1.165) is 12.1 Å². The molecule has 7 nitrogen and oxygen atoms in total. The zero-order chi connectivity index (χ0) is 26.0. The summed E-state index contributed by atoms with van der Waals surface area (Å²) in [4.78, 5) is 24.5. The molecular weight excluding hydrogens is 475 g/mol. The Bertz CT molecular complexity index is 1350. The van der Waals surface area contributed by atoms with Crippen LogP contribution in [0.1, 0.15) is 68.2 Å². The first-order valence-corrected chi connectivity index (χ1v) is 11.2. The van der Waals surface area contributed by atoms with Crippen LogP contribution in [0.4, 0.5) is 13.2 Å². The van der Waals surface area contributed by atoms with Gasteiger partial charge in [-0.25, -0.2) is 4.79 Å². The Morgan fingerprint density at radius 2 is 1.94 bits per heavy atom. The molecule has 1 aromatic heterocycles. The maximum atomic E-state index is 13.4. The van der Waals surface area contributed by atoms with E-state index >= 15 is 0 Å². The van der Waals surface area contributed by atoms with Gasteiger partial charge in [-0.15, -0.1) is 0 Å². The summed E-state index contributed by atoms with van der Waals surface area (Å²) in [6, 6.07) is 12.3. The van der Waals surface area contributed by atoms with Crippen molar-refractivity contribution in [2.45, 2.75) is 38.5 Å². The summed E-state index contributed by atoms with van der Waals surface area (Å²) >= 11 is 0. The molecule has 0 unspecified atom stereocenters. The Morgan fingerprint density at radius 3 is 2.58 bits per heavy atom. The zero-order valence-electron chi connectivity index (χ0n) is 19.2. The number of halogens is 3. The molecule has 1 atom stereocenters. The van der Waals surface area contributed by atoms with E-state index in [4.69, 9.17) is 9.84 Å². The Labute approximate surface area is 204 Å². The fraction of sp³-hybridized carbons (Fsp3) is 0.269. The molecule has 10 heteroatoms. The van der Waals surface area contributed by atoms with Crippen LogP contribution in [-0.2, 0) is 19.1 Å². The lowest BCUT2D eigenvalue weighted by Gasteiger charge is -2.19. The first-order chi connectivity index (χ1) is 17.1. The summed E-state index contributed by atoms with van der Waals surface area (Å²) in [5, 5.41) is 21.8. The molecule has 0 saturated carbocycles. The first kappa shape index (κ1) is 24.9. The van der Waals surface area contributed by atoms with Gasteiger partial charge in [0, 0.05) is 6.54 Å². The molecular formula is C26H22F3N3O4. The van der Waals surface area contributed by atoms with E-state index < -0.39 is 29.7 Å². The van der Waals surface area contributed by atoms with Gasteiger partial charge in [-0.2, -0.15) is 18.4 Å². The van der Waals surface area contributed by atoms with Gasteiger partial charge in [-0.1, -0.05) is 24.3 Å². The van der Waals surface area contributed by atoms with Gasteiger partial charge in [-0.05, 0) is 55.2 Å². The molecule has 36 heavy (non-hydrogen) atoms. The second-order valence-corrected chi connectivity index (χ2v) is 8.47. The molecule has 0 radical (unpaired) electrons. The van der Waals surface area contributed by atoms with E-state index in [-0.39, 0.29) is 29.1 Å². The van der Waals surface area contributed by atoms with Gasteiger partial charge in [0.25, 0.3) is 5.91 Å². The summed E-state index contributed by atoms with van der Waals surface area (Å²) < 4.78 is 47.0. The van der Waals surface area contributed by atoms with E-state index in [0.29, 0.717) is 36.3 Å². The fourth-order valence-corrected chi connectivity index (χ4v) is 4.27. The van der Waals surface area contributed by atoms with Crippen molar-refractivity contribution in [1.82, 2.24) is 9.88 Å². The number of rotatable bonds is 6. The summed E-state index contributed by atoms with van der Waals surface area (Å²) in [6.45, 7) is 2.01. The number of hydrogen-bond donors (Lipinski definition) is 2. The number of nitrogens with zero attached hydrogens (tertiary/aromatic N) is 2. The zero-order valence-corrected chi connectivity index (χ0v) is 19.2. The molecule has 0 spiro atoms. The maximum Gasteiger partial charge on any atom is 0.416 e. The Hall–Kier alpha value is -4.26. The predicted octanol–water partition coefficient (Wildman–Crippen LogP) is 4.94. The van der Waals surface area contributed by atoms with E-state index in [1.165, 1.54) is 24.3 Å². The van der Waals surface area contributed by atoms with Crippen LogP contribution in [0.3, 0.4) is 0 Å². The standard InChI is InChI=1S/C26H22F3N3O4/c1-15(17-7-9-18(10-8-17)25(34)35)31-24(33)22-20(13-30)23-21(6-3-11-36-23)32(22)14-16-4-2-5-19(12-16)26(27,28)29/h2,4-5,7-10,12,15H,3,6,11,14H2,1H3,(H,31,33)(H,34,35)/t15-/m0/s1. The highest BCUT2D eigenvalue weighted by molar-refractivity contribution is 5.97. The third-order valence-electron chi connectivity index (χ3n) is 6.05. The molecule has 1 amide bonds. The summed E-state index contributed by atoms with van der Waals surface area (Å²) in [6.07, 6.45) is -3.38. The SMILES string of the molecule is C[C@H](NC(=O)c1c(C#N)c2c(n1Cc1cccc(C(F)(F)F)c1)CCCO2)c1ccc(C(=O)O)cc1. The Kier molecular flexibility index (Phi) is 6.75. The highest BCUT2D eigenvalue weighted by Crippen LogP contribution is 2.36. The molecule has 0 aliphatic carbocycles. The molecule has 1 aliphatic rings. The van der Waals surface area contributed by atoms with Crippen LogP contribution >= 0.6 is 0 Å². The van der Waals surface area contributed by atoms with Crippen LogP contribution in [0.25, 0.3) is 0 Å². The molecule has 3 aromatic rings. The number of fused-ring (bicyclic) bond motifs is 1. The highest BCUT2D eigenvalue weighted by Gasteiger charge is 2.33. The minimum atomic E-state index is -4.52. The smallest absolute Gasteiger partial charge is 0.416 e. The number of carboxylic acid groups (broad SMARTS) is 1. The van der Waals surface area contributed by atoms with Crippen molar-refractivity contribution < 1.29 is 32.6 Å². The van der Waals surface area contributed by atoms with Crippen LogP contribution in [-0.4, -0.2) is 28.2 Å². The normalized spacial score (nSPS) is 13.8. The van der Waals surface area contributed by atoms with Crippen molar-refractivity contribution in [3.63, 3.8) is 0 Å². The van der Waals surface area contributed by atoms with Crippen molar-refractivity contribution in [2.24, 2.45) is 0 Å². The van der Waals surface area contributed by atoms with Gasteiger partial charge in [0.1, 0.15) is 17.3 Å². The van der Waals surface area contributed by atoms with Crippen molar-refractivity contribution in [1.29, 1.82) is 5.26 Å². The summed E-state index contributed by atoms with van der Waals surface area (Å²) in [5.74, 6) is -1.39. The number of hydrogen-bond acceptors (Lipinski definition) is 4. The van der Waals surface area contributed by atoms with Crippen LogP contribution in [0.5, 0.6) is 5.75 Å². The van der Waals surface area contributed by atoms with E-state index in [2.05, 4.69) is 5.32 Å². The largest absolute Gasteiger partial charge is 0.490 e. The van der Waals surface area contributed by atoms with Gasteiger partial charge in [0.2, 0.25) is 0 Å². The van der Waals surface area contributed by atoms with Gasteiger partial charge in [0.15, 0.2) is 5.75 Å². The van der Waals surface area contributed by atoms with E-state index in [9.17, 15) is 28.0 Å². The topological polar surface area (TPSA) is 104 Å². The second kappa shape index (κ2) is 9.77. The molecule has 0 fully saturated rings. The fourth-order valence-electron chi connectivity index (χ4n) is 4.27. The average Bonchev–Trinajstić information content (AvgIpc) is 3.17. The van der Waals surface area contributed by atoms with E-state index in [1.807, 2.05) is 6.07 Å². The van der Waals surface area contributed by atoms with Gasteiger partial charge < -0.3 is 19.7 Å². The minimum absolute atomic E-state index is 0.0100. The third-order valence-corrected chi connectivity index (χ3v) is 6.05. The van der Waals surface area contributed by atoms with Crippen molar-refractivity contribution >= 4 is 11.9 Å². The van der Waals surface area contributed by atoms with Crippen LogP contribution in [0.15, 0.2) is 48.5 Å². The highest BCUT2D eigenvalue weighted by atomic mass is 19.4. The van der Waals surface area contributed by atoms with Gasteiger partial charge in [0.05, 0.1) is 29.5 Å². The Balaban J connectivity index is 1.70. The van der Waals surface area contributed by atoms with Gasteiger partial charge in [-0.3, -0.25) is 4.79 Å². The molecule has 2 heterocycles. The lowest BCUT2D eigenvalue weighted by molar-refractivity contribution is -0.137. The predicted molar refractivity (Wildman–Crippen MR) is 123 cm³/mol. The first-order valence-electron chi connectivity index (χ1n) is 11.2. The Morgan fingerprint density at radius 1 is 1.22 bits per heavy atom. The molecule has 2 aromatic carbocycles. The average molecular weight is 497 g/mol. The number of carbonyl (C=O) groups excluding carboxylic acids is 1. The molecule has 0 bridgehead atoms. The number of aromatic nitrogens is 1. The third kappa shape index (κ3) is 4.91. The van der Waals surface area contributed by atoms with Gasteiger partial charge >= 0.3 is 12.1 Å². The van der Waals surface area contributed by atoms with Crippen LogP contribution < -0.4 is 10.1 Å². The number of carbonyl (C=O) groups is 2. The van der Waals surface area contributed by atoms with Crippen LogP contribution in [0, 0.1) is 11.3 Å². The lowest BCUT2D eigenvalue weighted by atomic mass is 10.1. The second-order valence-electron chi connectivity index (χ2n) is 8.47. The monoisotopic (exact) mass is 497 g/mol. The molecule has 4 rings (SSSR count). The van der Waals surface area contributed by atoms with Crippen LogP contribution in [0.2, 0.25) is 0 Å². The number of nitrogens with one attached hydrogen (secondary N) is 1. The number of nitriles is 1. The minimum Gasteiger partial charge on any atom is -0.490 e. The van der Waals surface area contributed by atoms with E-state index in [1.54, 1.807) is 23.6 Å². The van der Waals surface area contributed by atoms with Crippen molar-refractivity contribution in [2.75, 3.05) is 6.61 Å². The number of amides is 1. The maximum absolute atomic E-state index is 13.4. The summed E-state index contributed by atoms with van der Waals surface area (Å²) in [5.41, 5.74) is 0.885. The van der Waals surface area contributed by atoms with Crippen molar-refractivity contribution in [3.8, 4) is 11.8 Å². The van der Waals surface area contributed by atoms with Crippen molar-refractivity contribution in [3.05, 3.63) is 87.7 Å². The molecule has 1 aliphatic heterocycles. The number of carboxylic acids is 1. The lowest BCUT2D eigenvalue weighted by Crippen LogP contribution is -2.30. The number of benzene rings is 2. The number of ether oxygens (including phenoxy) is 1. The molecule has 186 valence electrons. The quantitative estimate of drug-likeness (QED) is 0.502. The summed E-state index contributed by atoms with van der Waals surface area (Å²) in [7, 11) is 0.